The van der Waals surface area contributed by atoms with Gasteiger partial charge in [-0.15, -0.1) is 0 Å². The molecule has 0 aromatic carbocycles. The van der Waals surface area contributed by atoms with Crippen molar-refractivity contribution < 1.29 is 18.3 Å². The number of amides is 3. The average Bonchev–Trinajstić information content (AvgIpc) is 1.66. The Morgan fingerprint density at radius 3 is 0.917 bits per heavy atom. The molecular formula is C82H96FN21O3S. The molecule has 3 aliphatic heterocycles. The number of hydrogen-bond donors (Lipinski definition) is 0. The Hall–Kier alpha value is -10.7. The molecule has 26 heteroatoms. The summed E-state index contributed by atoms with van der Waals surface area (Å²) in [6, 6.07) is 31.0. The third-order valence-electron chi connectivity index (χ3n) is 20.3. The van der Waals surface area contributed by atoms with E-state index in [1.54, 1.807) is 37.2 Å². The summed E-state index contributed by atoms with van der Waals surface area (Å²) in [6.45, 7) is 15.2. The highest BCUT2D eigenvalue weighted by atomic mass is 32.2. The van der Waals surface area contributed by atoms with Crippen LogP contribution in [0.3, 0.4) is 0 Å². The van der Waals surface area contributed by atoms with Crippen molar-refractivity contribution in [2.75, 3.05) is 82.9 Å². The number of rotatable bonds is 18. The van der Waals surface area contributed by atoms with Gasteiger partial charge in [0.15, 0.2) is 0 Å². The van der Waals surface area contributed by atoms with Crippen LogP contribution in [-0.2, 0) is 33.6 Å². The molecule has 108 heavy (non-hydrogen) atoms. The Morgan fingerprint density at radius 2 is 0.685 bits per heavy atom. The normalized spacial score (nSPS) is 16.3. The lowest BCUT2D eigenvalue weighted by Crippen LogP contribution is -2.45. The molecule has 0 radical (unpaired) electrons. The fourth-order valence-corrected chi connectivity index (χ4v) is 13.9. The van der Waals surface area contributed by atoms with Crippen molar-refractivity contribution in [2.24, 2.45) is 0 Å². The predicted molar refractivity (Wildman–Crippen MR) is 424 cm³/mol. The molecule has 15 rings (SSSR count). The van der Waals surface area contributed by atoms with Gasteiger partial charge in [-0.2, -0.15) is 19.2 Å². The number of piperidine rings is 3. The summed E-state index contributed by atoms with van der Waals surface area (Å²) in [4.78, 5) is 91.4. The molecule has 3 aliphatic rings. The first kappa shape index (κ1) is 77.0. The molecule has 0 aliphatic carbocycles. The number of fused-ring (bicyclic) bond motifs is 3. The van der Waals surface area contributed by atoms with E-state index in [1.807, 2.05) is 181 Å². The van der Waals surface area contributed by atoms with Crippen LogP contribution in [0.1, 0.15) is 149 Å². The van der Waals surface area contributed by atoms with Gasteiger partial charge in [0.25, 0.3) is 0 Å². The average molecular weight is 1470 g/mol. The molecule has 3 atom stereocenters. The number of aromatic nitrogens is 15. The van der Waals surface area contributed by atoms with E-state index in [0.717, 1.165) is 104 Å². The number of anilines is 3. The SMILES string of the molecule is CC(C)c1cnn2ccc(-c3ccnc(Cc4ccc(N5CCC(N(C)C)CC5=O)cn4)n3)cc12.CC(C)c1cnn2ccc(-c3ccnc(Cc4ccc(N5CC[C@@H](N(C)C)CC5=O)cn4)n3)cc12.CC(C)c1cnn2ccc(-c3ccnc(Cc4ccc(N5CC[C@H](N(C)C)CC5=O)cn4)n3)cc12.CSF. The van der Waals surface area contributed by atoms with Crippen LogP contribution in [0.5, 0.6) is 0 Å². The molecule has 560 valence electrons. The van der Waals surface area contributed by atoms with Crippen LogP contribution in [0, 0.1) is 0 Å². The molecule has 3 fully saturated rings. The van der Waals surface area contributed by atoms with Crippen LogP contribution in [0.2, 0.25) is 0 Å². The Labute approximate surface area is 635 Å². The Morgan fingerprint density at radius 1 is 0.407 bits per heavy atom. The second-order valence-corrected chi connectivity index (χ2v) is 29.6. The summed E-state index contributed by atoms with van der Waals surface area (Å²) in [5.74, 6) is 3.77. The zero-order valence-electron chi connectivity index (χ0n) is 63.9. The van der Waals surface area contributed by atoms with Crippen molar-refractivity contribution in [1.82, 2.24) is 88.4 Å². The Balaban J connectivity index is 0.000000148. The summed E-state index contributed by atoms with van der Waals surface area (Å²) >= 11 is 0.250. The minimum absolute atomic E-state index is 0.149. The summed E-state index contributed by atoms with van der Waals surface area (Å²) in [6.07, 6.45) is 29.9. The monoisotopic (exact) mass is 1470 g/mol. The van der Waals surface area contributed by atoms with Gasteiger partial charge < -0.3 is 29.4 Å². The van der Waals surface area contributed by atoms with Gasteiger partial charge in [-0.3, -0.25) is 29.3 Å². The molecule has 12 aromatic heterocycles. The van der Waals surface area contributed by atoms with E-state index in [-0.39, 0.29) is 29.9 Å². The second-order valence-electron chi connectivity index (χ2n) is 29.2. The molecule has 3 amide bonds. The van der Waals surface area contributed by atoms with Crippen molar-refractivity contribution >= 4 is 63.5 Å². The summed E-state index contributed by atoms with van der Waals surface area (Å²) in [5, 5.41) is 13.4. The van der Waals surface area contributed by atoms with Crippen molar-refractivity contribution in [1.29, 1.82) is 0 Å². The molecule has 0 spiro atoms. The van der Waals surface area contributed by atoms with E-state index in [2.05, 4.69) is 120 Å². The van der Waals surface area contributed by atoms with Gasteiger partial charge >= 0.3 is 0 Å². The number of nitrogens with zero attached hydrogens (tertiary/aromatic N) is 21. The smallest absolute Gasteiger partial charge is 0.228 e. The summed E-state index contributed by atoms with van der Waals surface area (Å²) in [7, 11) is 12.2. The standard InChI is InChI=1S/3C27H31N7O.CH3FS/c3*1-18(2)23-17-30-34-12-8-19(13-25(23)34)24-7-10-28-26(31-24)14-20-5-6-22(16-29-20)33-11-9-21(32(3)4)15-27(33)35;1-3-2/h3*5-8,10,12-13,16-18,21H,9,11,14-15H2,1-4H3;1H3/t2*21-;;/m10../s1. The molecule has 0 N–H and O–H groups in total. The van der Waals surface area contributed by atoms with Crippen LogP contribution in [0.4, 0.5) is 20.9 Å². The quantitative estimate of drug-likeness (QED) is 0.0776. The molecule has 24 nitrogen and oxygen atoms in total. The predicted octanol–water partition coefficient (Wildman–Crippen LogP) is 13.1. The maximum atomic E-state index is 12.6. The van der Waals surface area contributed by atoms with Gasteiger partial charge in [0.2, 0.25) is 17.7 Å². The first-order chi connectivity index (χ1) is 52.1. The van der Waals surface area contributed by atoms with Crippen LogP contribution in [0.15, 0.2) is 165 Å². The Bertz CT molecular complexity index is 4560. The molecule has 0 saturated carbocycles. The van der Waals surface area contributed by atoms with Crippen LogP contribution in [-0.4, -0.2) is 192 Å². The molecule has 1 unspecified atom stereocenters. The first-order valence-corrected chi connectivity index (χ1v) is 38.0. The van der Waals surface area contributed by atoms with Crippen molar-refractivity contribution in [2.45, 2.75) is 135 Å². The van der Waals surface area contributed by atoms with Crippen LogP contribution < -0.4 is 14.7 Å². The van der Waals surface area contributed by atoms with Crippen LogP contribution >= 0.6 is 12.1 Å². The lowest BCUT2D eigenvalue weighted by atomic mass is 10.0. The van der Waals surface area contributed by atoms with Crippen LogP contribution in [0.25, 0.3) is 50.3 Å². The zero-order valence-corrected chi connectivity index (χ0v) is 64.8. The van der Waals surface area contributed by atoms with Crippen molar-refractivity contribution in [3.63, 3.8) is 0 Å². The van der Waals surface area contributed by atoms with Gasteiger partial charge in [0, 0.05) is 163 Å². The number of carbonyl (C=O) groups is 3. The fraction of sp³-hybridized carbons (Fsp3) is 0.378. The summed E-state index contributed by atoms with van der Waals surface area (Å²) < 4.78 is 15.9. The molecule has 0 bridgehead atoms. The first-order valence-electron chi connectivity index (χ1n) is 36.9. The van der Waals surface area contributed by atoms with Gasteiger partial charge in [-0.25, -0.2) is 43.5 Å². The highest BCUT2D eigenvalue weighted by molar-refractivity contribution is 7.93. The Kier molecular flexibility index (Phi) is 24.9. The van der Waals surface area contributed by atoms with Gasteiger partial charge in [0.1, 0.15) is 17.5 Å². The number of pyridine rings is 6. The molecular weight excluding hydrogens is 1380 g/mol. The number of carbonyl (C=O) groups excluding carboxylic acids is 3. The maximum absolute atomic E-state index is 12.6. The number of halogens is 1. The van der Waals surface area contributed by atoms with Crippen molar-refractivity contribution in [3.8, 4) is 33.8 Å². The third-order valence-corrected chi connectivity index (χ3v) is 20.3. The zero-order chi connectivity index (χ0) is 76.3. The highest BCUT2D eigenvalue weighted by Gasteiger charge is 2.31. The van der Waals surface area contributed by atoms with E-state index in [4.69, 9.17) is 15.0 Å². The second kappa shape index (κ2) is 34.9. The highest BCUT2D eigenvalue weighted by Crippen LogP contribution is 2.32. The van der Waals surface area contributed by atoms with Crippen molar-refractivity contribution in [3.05, 3.63) is 217 Å². The third kappa shape index (κ3) is 18.5. The fourth-order valence-electron chi connectivity index (χ4n) is 13.9. The largest absolute Gasteiger partial charge is 0.311 e. The lowest BCUT2D eigenvalue weighted by molar-refractivity contribution is -0.121. The van der Waals surface area contributed by atoms with E-state index < -0.39 is 0 Å². The summed E-state index contributed by atoms with van der Waals surface area (Å²) in [5.41, 5.74) is 17.8. The molecule has 3 saturated heterocycles. The topological polar surface area (TPSA) is 239 Å². The van der Waals surface area contributed by atoms with E-state index in [1.165, 1.54) is 22.9 Å². The van der Waals surface area contributed by atoms with E-state index >= 15 is 0 Å². The van der Waals surface area contributed by atoms with Gasteiger partial charge in [-0.1, -0.05) is 41.5 Å². The lowest BCUT2D eigenvalue weighted by Gasteiger charge is -2.34. The van der Waals surface area contributed by atoms with E-state index in [9.17, 15) is 18.3 Å². The number of hydrogen-bond acceptors (Lipinski definition) is 19. The molecule has 15 heterocycles. The molecule has 12 aromatic rings. The minimum Gasteiger partial charge on any atom is -0.311 e. The maximum Gasteiger partial charge on any atom is 0.228 e. The van der Waals surface area contributed by atoms with E-state index in [0.29, 0.717) is 112 Å². The van der Waals surface area contributed by atoms with Gasteiger partial charge in [-0.05, 0) is 170 Å². The minimum atomic E-state index is 0.149. The van der Waals surface area contributed by atoms with Gasteiger partial charge in [0.05, 0.1) is 107 Å².